The minimum atomic E-state index is -0.131. The van der Waals surface area contributed by atoms with E-state index in [2.05, 4.69) is 15.6 Å². The number of aryl methyl sites for hydroxylation is 1. The number of hydrogen-bond donors (Lipinski definition) is 2. The Morgan fingerprint density at radius 3 is 3.18 bits per heavy atom. The van der Waals surface area contributed by atoms with Crippen LogP contribution in [0, 0.1) is 6.92 Å². The largest absolute Gasteiger partial charge is 0.380 e. The van der Waals surface area contributed by atoms with Gasteiger partial charge in [-0.25, -0.2) is 4.98 Å². The number of amides is 1. The molecule has 1 aromatic rings. The Balaban J connectivity index is 1.80. The van der Waals surface area contributed by atoms with Gasteiger partial charge in [-0.1, -0.05) is 0 Å². The van der Waals surface area contributed by atoms with Crippen LogP contribution in [-0.4, -0.2) is 36.7 Å². The Kier molecular flexibility index (Phi) is 4.09. The minimum Gasteiger partial charge on any atom is -0.380 e. The smallest absolute Gasteiger partial charge is 0.237 e. The van der Waals surface area contributed by atoms with E-state index in [4.69, 9.17) is 4.74 Å². The first kappa shape index (κ1) is 12.5. The van der Waals surface area contributed by atoms with Crippen LogP contribution in [0.2, 0.25) is 0 Å². The van der Waals surface area contributed by atoms with E-state index < -0.39 is 0 Å². The molecule has 2 heterocycles. The molecule has 1 fully saturated rings. The Morgan fingerprint density at radius 1 is 1.76 bits per heavy atom. The van der Waals surface area contributed by atoms with Crippen LogP contribution in [-0.2, 0) is 16.1 Å². The summed E-state index contributed by atoms with van der Waals surface area (Å²) in [5.74, 6) is 0.0392. The molecule has 0 bridgehead atoms. The van der Waals surface area contributed by atoms with E-state index in [-0.39, 0.29) is 18.1 Å². The van der Waals surface area contributed by atoms with Gasteiger partial charge in [0.05, 0.1) is 29.9 Å². The summed E-state index contributed by atoms with van der Waals surface area (Å²) in [7, 11) is 1.67. The lowest BCUT2D eigenvalue weighted by Crippen LogP contribution is -2.39. The fourth-order valence-electron chi connectivity index (χ4n) is 1.87. The molecule has 94 valence electrons. The molecule has 0 spiro atoms. The van der Waals surface area contributed by atoms with Gasteiger partial charge in [0.15, 0.2) is 0 Å². The van der Waals surface area contributed by atoms with Gasteiger partial charge in [-0.05, 0) is 13.3 Å². The molecule has 2 unspecified atom stereocenters. The van der Waals surface area contributed by atoms with Crippen LogP contribution < -0.4 is 10.6 Å². The summed E-state index contributed by atoms with van der Waals surface area (Å²) in [4.78, 5) is 17.1. The molecule has 17 heavy (non-hydrogen) atoms. The fourth-order valence-corrected chi connectivity index (χ4v) is 2.59. The van der Waals surface area contributed by atoms with Crippen LogP contribution in [0.5, 0.6) is 0 Å². The van der Waals surface area contributed by atoms with Crippen LogP contribution in [0.25, 0.3) is 0 Å². The Labute approximate surface area is 105 Å². The summed E-state index contributed by atoms with van der Waals surface area (Å²) in [6.45, 7) is 3.26. The lowest BCUT2D eigenvalue weighted by molar-refractivity contribution is -0.123. The van der Waals surface area contributed by atoms with Crippen LogP contribution in [0.15, 0.2) is 5.51 Å². The molecule has 2 atom stereocenters. The zero-order valence-corrected chi connectivity index (χ0v) is 10.8. The monoisotopic (exact) mass is 255 g/mol. The van der Waals surface area contributed by atoms with E-state index in [9.17, 15) is 4.79 Å². The molecule has 2 rings (SSSR count). The molecule has 1 saturated heterocycles. The van der Waals surface area contributed by atoms with Gasteiger partial charge in [0.1, 0.15) is 0 Å². The maximum Gasteiger partial charge on any atom is 0.237 e. The lowest BCUT2D eigenvalue weighted by atomic mass is 10.2. The van der Waals surface area contributed by atoms with Gasteiger partial charge >= 0.3 is 0 Å². The molecular weight excluding hydrogens is 238 g/mol. The van der Waals surface area contributed by atoms with Crippen LogP contribution in [0.3, 0.4) is 0 Å². The summed E-state index contributed by atoms with van der Waals surface area (Å²) < 4.78 is 5.21. The molecule has 5 nitrogen and oxygen atoms in total. The topological polar surface area (TPSA) is 63.2 Å². The van der Waals surface area contributed by atoms with Crippen molar-refractivity contribution in [1.82, 2.24) is 15.6 Å². The molecule has 0 aromatic carbocycles. The molecule has 0 radical (unpaired) electrons. The highest BCUT2D eigenvalue weighted by molar-refractivity contribution is 7.09. The average molecular weight is 255 g/mol. The first-order chi connectivity index (χ1) is 8.20. The molecular formula is C11H17N3O2S. The number of thiazole rings is 1. The van der Waals surface area contributed by atoms with Crippen molar-refractivity contribution in [1.29, 1.82) is 0 Å². The predicted octanol–water partition coefficient (Wildman–Crippen LogP) is 0.445. The zero-order valence-electron chi connectivity index (χ0n) is 10.0. The molecule has 2 N–H and O–H groups in total. The highest BCUT2D eigenvalue weighted by Crippen LogP contribution is 2.13. The van der Waals surface area contributed by atoms with Gasteiger partial charge in [0.2, 0.25) is 5.91 Å². The van der Waals surface area contributed by atoms with Crippen LogP contribution >= 0.6 is 11.3 Å². The van der Waals surface area contributed by atoms with Gasteiger partial charge < -0.3 is 15.4 Å². The van der Waals surface area contributed by atoms with E-state index in [1.54, 1.807) is 24.0 Å². The number of carbonyl (C=O) groups excluding carboxylic acids is 1. The summed E-state index contributed by atoms with van der Waals surface area (Å²) in [5, 5.41) is 6.08. The number of nitrogens with one attached hydrogen (secondary N) is 2. The number of methoxy groups -OCH3 is 1. The summed E-state index contributed by atoms with van der Waals surface area (Å²) in [5.41, 5.74) is 2.79. The second kappa shape index (κ2) is 5.57. The van der Waals surface area contributed by atoms with Gasteiger partial charge in [0, 0.05) is 18.5 Å². The van der Waals surface area contributed by atoms with Crippen molar-refractivity contribution in [3.05, 3.63) is 16.1 Å². The van der Waals surface area contributed by atoms with E-state index in [1.165, 1.54) is 0 Å². The Morgan fingerprint density at radius 2 is 2.59 bits per heavy atom. The normalized spacial score (nSPS) is 23.9. The van der Waals surface area contributed by atoms with Crippen LogP contribution in [0.1, 0.15) is 17.0 Å². The first-order valence-electron chi connectivity index (χ1n) is 5.63. The number of carbonyl (C=O) groups is 1. The minimum absolute atomic E-state index is 0.0392. The number of ether oxygens (including phenoxy) is 1. The molecule has 0 saturated carbocycles. The van der Waals surface area contributed by atoms with Crippen molar-refractivity contribution in [2.75, 3.05) is 13.7 Å². The lowest BCUT2D eigenvalue weighted by Gasteiger charge is -2.10. The van der Waals surface area contributed by atoms with E-state index >= 15 is 0 Å². The van der Waals surface area contributed by atoms with E-state index in [0.717, 1.165) is 23.5 Å². The van der Waals surface area contributed by atoms with E-state index in [1.807, 2.05) is 6.92 Å². The van der Waals surface area contributed by atoms with Crippen molar-refractivity contribution in [2.45, 2.75) is 32.0 Å². The van der Waals surface area contributed by atoms with Crippen molar-refractivity contribution in [2.24, 2.45) is 0 Å². The van der Waals surface area contributed by atoms with Crippen molar-refractivity contribution in [3.8, 4) is 0 Å². The quantitative estimate of drug-likeness (QED) is 0.820. The number of aromatic nitrogens is 1. The third-order valence-corrected chi connectivity index (χ3v) is 3.94. The standard InChI is InChI=1S/C11H17N3O2S/c1-7-10(17-6-14-7)5-13-11(15)9-3-8(16-2)4-12-9/h6,8-9,12H,3-5H2,1-2H3,(H,13,15). The molecule has 0 aliphatic carbocycles. The fraction of sp³-hybridized carbons (Fsp3) is 0.636. The highest BCUT2D eigenvalue weighted by atomic mass is 32.1. The third-order valence-electron chi connectivity index (χ3n) is 3.01. The molecule has 1 amide bonds. The summed E-state index contributed by atoms with van der Waals surface area (Å²) >= 11 is 1.57. The maximum absolute atomic E-state index is 11.9. The van der Waals surface area contributed by atoms with E-state index in [0.29, 0.717) is 6.54 Å². The van der Waals surface area contributed by atoms with Crippen molar-refractivity contribution < 1.29 is 9.53 Å². The SMILES string of the molecule is COC1CNC(C(=O)NCc2scnc2C)C1. The Hall–Kier alpha value is -0.980. The number of rotatable bonds is 4. The van der Waals surface area contributed by atoms with Crippen molar-refractivity contribution >= 4 is 17.2 Å². The average Bonchev–Trinajstić information content (AvgIpc) is 2.94. The second-order valence-corrected chi connectivity index (χ2v) is 5.07. The third kappa shape index (κ3) is 3.02. The zero-order chi connectivity index (χ0) is 12.3. The maximum atomic E-state index is 11.9. The first-order valence-corrected chi connectivity index (χ1v) is 6.51. The van der Waals surface area contributed by atoms with Gasteiger partial charge in [-0.2, -0.15) is 0 Å². The number of nitrogens with zero attached hydrogens (tertiary/aromatic N) is 1. The van der Waals surface area contributed by atoms with Gasteiger partial charge in [0.25, 0.3) is 0 Å². The molecule has 1 aliphatic heterocycles. The second-order valence-electron chi connectivity index (χ2n) is 4.13. The Bertz CT molecular complexity index is 394. The number of hydrogen-bond acceptors (Lipinski definition) is 5. The molecule has 1 aliphatic rings. The van der Waals surface area contributed by atoms with Gasteiger partial charge in [-0.3, -0.25) is 4.79 Å². The predicted molar refractivity (Wildman–Crippen MR) is 65.9 cm³/mol. The summed E-state index contributed by atoms with van der Waals surface area (Å²) in [6.07, 6.45) is 0.889. The van der Waals surface area contributed by atoms with Crippen LogP contribution in [0.4, 0.5) is 0 Å². The van der Waals surface area contributed by atoms with Crippen molar-refractivity contribution in [3.63, 3.8) is 0 Å². The molecule has 1 aromatic heterocycles. The highest BCUT2D eigenvalue weighted by Gasteiger charge is 2.29. The van der Waals surface area contributed by atoms with Gasteiger partial charge in [-0.15, -0.1) is 11.3 Å². The summed E-state index contributed by atoms with van der Waals surface area (Å²) in [6, 6.07) is -0.131. The molecule has 6 heteroatoms.